The van der Waals surface area contributed by atoms with E-state index < -0.39 is 16.0 Å². The van der Waals surface area contributed by atoms with Crippen molar-refractivity contribution >= 4 is 22.0 Å². The number of hydrogen-bond donors (Lipinski definition) is 1. The Hall–Kier alpha value is -2.92. The molecule has 1 aromatic heterocycles. The number of esters is 1. The number of rotatable bonds is 8. The van der Waals surface area contributed by atoms with Crippen molar-refractivity contribution in [2.24, 2.45) is 0 Å². The normalized spacial score (nSPS) is 14.9. The predicted octanol–water partition coefficient (Wildman–Crippen LogP) is 1.17. The topological polar surface area (TPSA) is 114 Å². The van der Waals surface area contributed by atoms with E-state index in [1.54, 1.807) is 22.7 Å². The number of nitrogens with one attached hydrogen (secondary N) is 1. The summed E-state index contributed by atoms with van der Waals surface area (Å²) in [7, 11) is -3.70. The molecule has 0 bridgehead atoms. The number of ether oxygens (including phenoxy) is 1. The number of hydrogen-bond acceptors (Lipinski definition) is 6. The third-order valence-corrected chi connectivity index (χ3v) is 6.84. The minimum absolute atomic E-state index is 0.108. The highest BCUT2D eigenvalue weighted by Gasteiger charge is 2.30. The van der Waals surface area contributed by atoms with Crippen LogP contribution in [0, 0.1) is 0 Å². The second kappa shape index (κ2) is 10.4. The van der Waals surface area contributed by atoms with Gasteiger partial charge in [-0.1, -0.05) is 0 Å². The van der Waals surface area contributed by atoms with Gasteiger partial charge in [0.05, 0.1) is 17.1 Å². The summed E-state index contributed by atoms with van der Waals surface area (Å²) in [5.41, 5.74) is 0.301. The zero-order valence-corrected chi connectivity index (χ0v) is 18.3. The van der Waals surface area contributed by atoms with E-state index in [9.17, 15) is 18.0 Å². The molecule has 2 amide bonds. The quantitative estimate of drug-likeness (QED) is 0.478. The molecule has 1 aromatic carbocycles. The van der Waals surface area contributed by atoms with Crippen LogP contribution >= 0.6 is 0 Å². The van der Waals surface area contributed by atoms with E-state index in [0.29, 0.717) is 31.7 Å². The first-order valence-electron chi connectivity index (χ1n) is 10.2. The fourth-order valence-electron chi connectivity index (χ4n) is 3.24. The lowest BCUT2D eigenvalue weighted by Gasteiger charge is -2.34. The highest BCUT2D eigenvalue weighted by molar-refractivity contribution is 7.89. The average Bonchev–Trinajstić information content (AvgIpc) is 3.30. The van der Waals surface area contributed by atoms with Gasteiger partial charge >= 0.3 is 12.0 Å². The molecule has 31 heavy (non-hydrogen) atoms. The van der Waals surface area contributed by atoms with Gasteiger partial charge < -0.3 is 15.0 Å². The van der Waals surface area contributed by atoms with Crippen LogP contribution in [0.15, 0.2) is 47.6 Å². The molecule has 1 fully saturated rings. The lowest BCUT2D eigenvalue weighted by Crippen LogP contribution is -2.53. The molecular formula is C20H27N5O5S. The van der Waals surface area contributed by atoms with Gasteiger partial charge in [0.15, 0.2) is 0 Å². The summed E-state index contributed by atoms with van der Waals surface area (Å²) in [6.07, 6.45) is 4.33. The minimum atomic E-state index is -3.70. The number of aryl methyl sites for hydroxylation is 1. The number of amides is 2. The second-order valence-electron chi connectivity index (χ2n) is 6.99. The standard InChI is InChI=1S/C20H27N5O5S/c1-2-30-19(26)17-5-7-18(8-6-17)31(28,29)25-15-13-23(14-16-25)20(27)21-9-3-11-24-12-4-10-22-24/h4-8,10,12H,2-3,9,11,13-16H2,1H3,(H,21,27). The van der Waals surface area contributed by atoms with Gasteiger partial charge in [-0.05, 0) is 43.7 Å². The summed E-state index contributed by atoms with van der Waals surface area (Å²) in [6.45, 7) is 4.23. The lowest BCUT2D eigenvalue weighted by atomic mass is 10.2. The van der Waals surface area contributed by atoms with E-state index in [0.717, 1.165) is 6.42 Å². The number of sulfonamides is 1. The van der Waals surface area contributed by atoms with Gasteiger partial charge in [0, 0.05) is 51.7 Å². The smallest absolute Gasteiger partial charge is 0.338 e. The third kappa shape index (κ3) is 5.82. The van der Waals surface area contributed by atoms with Crippen molar-refractivity contribution in [3.05, 3.63) is 48.3 Å². The zero-order valence-electron chi connectivity index (χ0n) is 17.4. The molecule has 0 unspecified atom stereocenters. The van der Waals surface area contributed by atoms with Gasteiger partial charge in [0.25, 0.3) is 0 Å². The first-order chi connectivity index (χ1) is 14.9. The molecule has 2 aromatic rings. The molecule has 168 valence electrons. The molecule has 0 saturated carbocycles. The molecule has 0 atom stereocenters. The van der Waals surface area contributed by atoms with Crippen LogP contribution in [0.5, 0.6) is 0 Å². The van der Waals surface area contributed by atoms with E-state index in [-0.39, 0.29) is 30.6 Å². The Morgan fingerprint density at radius 3 is 2.45 bits per heavy atom. The van der Waals surface area contributed by atoms with Crippen molar-refractivity contribution in [1.82, 2.24) is 24.3 Å². The van der Waals surface area contributed by atoms with Crippen LogP contribution in [0.2, 0.25) is 0 Å². The number of carbonyl (C=O) groups is 2. The molecule has 1 aliphatic heterocycles. The van der Waals surface area contributed by atoms with E-state index in [2.05, 4.69) is 10.4 Å². The van der Waals surface area contributed by atoms with Gasteiger partial charge in [-0.15, -0.1) is 0 Å². The van der Waals surface area contributed by atoms with Gasteiger partial charge in [0.1, 0.15) is 0 Å². The van der Waals surface area contributed by atoms with Gasteiger partial charge in [0.2, 0.25) is 10.0 Å². The molecule has 0 aliphatic carbocycles. The fourth-order valence-corrected chi connectivity index (χ4v) is 4.66. The van der Waals surface area contributed by atoms with Crippen LogP contribution in [-0.4, -0.2) is 78.7 Å². The Kier molecular flexibility index (Phi) is 7.64. The van der Waals surface area contributed by atoms with Crippen molar-refractivity contribution in [2.45, 2.75) is 24.8 Å². The molecule has 3 rings (SSSR count). The summed E-state index contributed by atoms with van der Waals surface area (Å²) >= 11 is 0. The molecule has 0 spiro atoms. The minimum Gasteiger partial charge on any atom is -0.462 e. The molecular weight excluding hydrogens is 422 g/mol. The van der Waals surface area contributed by atoms with Crippen LogP contribution in [0.4, 0.5) is 4.79 Å². The van der Waals surface area contributed by atoms with Crippen LogP contribution in [-0.2, 0) is 21.3 Å². The van der Waals surface area contributed by atoms with Crippen LogP contribution in [0.25, 0.3) is 0 Å². The van der Waals surface area contributed by atoms with Crippen molar-refractivity contribution in [1.29, 1.82) is 0 Å². The molecule has 11 heteroatoms. The lowest BCUT2D eigenvalue weighted by molar-refractivity contribution is 0.0526. The third-order valence-electron chi connectivity index (χ3n) is 4.93. The summed E-state index contributed by atoms with van der Waals surface area (Å²) in [5, 5.41) is 6.97. The first-order valence-corrected chi connectivity index (χ1v) is 11.6. The van der Waals surface area contributed by atoms with E-state index in [1.807, 2.05) is 12.3 Å². The largest absolute Gasteiger partial charge is 0.462 e. The first kappa shape index (κ1) is 22.8. The fraction of sp³-hybridized carbons (Fsp3) is 0.450. The van der Waals surface area contributed by atoms with Gasteiger partial charge in [-0.3, -0.25) is 4.68 Å². The zero-order chi connectivity index (χ0) is 22.3. The van der Waals surface area contributed by atoms with Crippen molar-refractivity contribution in [3.8, 4) is 0 Å². The van der Waals surface area contributed by atoms with Crippen molar-refractivity contribution < 1.29 is 22.7 Å². The van der Waals surface area contributed by atoms with Crippen LogP contribution in [0.3, 0.4) is 0 Å². The summed E-state index contributed by atoms with van der Waals surface area (Å²) in [4.78, 5) is 25.8. The summed E-state index contributed by atoms with van der Waals surface area (Å²) in [6, 6.07) is 7.34. The Balaban J connectivity index is 1.47. The Bertz CT molecular complexity index is 968. The Morgan fingerprint density at radius 1 is 1.13 bits per heavy atom. The Labute approximate surface area is 181 Å². The maximum Gasteiger partial charge on any atom is 0.338 e. The van der Waals surface area contributed by atoms with E-state index >= 15 is 0 Å². The molecule has 10 nitrogen and oxygen atoms in total. The molecule has 1 N–H and O–H groups in total. The van der Waals surface area contributed by atoms with Crippen molar-refractivity contribution in [3.63, 3.8) is 0 Å². The van der Waals surface area contributed by atoms with Crippen LogP contribution < -0.4 is 5.32 Å². The average molecular weight is 450 g/mol. The highest BCUT2D eigenvalue weighted by Crippen LogP contribution is 2.18. The number of urea groups is 1. The molecule has 1 saturated heterocycles. The monoisotopic (exact) mass is 449 g/mol. The predicted molar refractivity (Wildman–Crippen MR) is 113 cm³/mol. The SMILES string of the molecule is CCOC(=O)c1ccc(S(=O)(=O)N2CCN(C(=O)NCCCn3cccn3)CC2)cc1. The van der Waals surface area contributed by atoms with Gasteiger partial charge in [-0.25, -0.2) is 18.0 Å². The Morgan fingerprint density at radius 2 is 1.84 bits per heavy atom. The number of carbonyl (C=O) groups excluding carboxylic acids is 2. The number of aromatic nitrogens is 2. The maximum atomic E-state index is 12.9. The summed E-state index contributed by atoms with van der Waals surface area (Å²) < 4.78 is 33.8. The second-order valence-corrected chi connectivity index (χ2v) is 8.93. The number of nitrogens with zero attached hydrogens (tertiary/aromatic N) is 4. The van der Waals surface area contributed by atoms with E-state index in [4.69, 9.17) is 4.74 Å². The molecule has 0 radical (unpaired) electrons. The molecule has 1 aliphatic rings. The number of piperazine rings is 1. The van der Waals surface area contributed by atoms with Gasteiger partial charge in [-0.2, -0.15) is 9.40 Å². The number of benzene rings is 1. The molecule has 2 heterocycles. The van der Waals surface area contributed by atoms with E-state index in [1.165, 1.54) is 28.6 Å². The summed E-state index contributed by atoms with van der Waals surface area (Å²) in [5.74, 6) is -0.490. The van der Waals surface area contributed by atoms with Crippen LogP contribution in [0.1, 0.15) is 23.7 Å². The highest BCUT2D eigenvalue weighted by atomic mass is 32.2. The maximum absolute atomic E-state index is 12.9. The van der Waals surface area contributed by atoms with Crippen molar-refractivity contribution in [2.75, 3.05) is 39.3 Å².